The number of rotatable bonds is 6. The summed E-state index contributed by atoms with van der Waals surface area (Å²) in [5, 5.41) is 5.64. The maximum Gasteiger partial charge on any atom is 0.189 e. The molecule has 8 nitrogen and oxygen atoms in total. The van der Waals surface area contributed by atoms with Gasteiger partial charge in [-0.2, -0.15) is 0 Å². The highest BCUT2D eigenvalue weighted by Gasteiger charge is 2.20. The average molecular weight is 407 g/mol. The molecular formula is C22H27N6O2+. The number of quaternary nitrogens is 1. The van der Waals surface area contributed by atoms with Crippen LogP contribution in [0.4, 0.5) is 0 Å². The summed E-state index contributed by atoms with van der Waals surface area (Å²) in [5.74, 6) is 1.46. The van der Waals surface area contributed by atoms with Crippen LogP contribution >= 0.6 is 0 Å². The third kappa shape index (κ3) is 3.53. The fraction of sp³-hybridized carbons (Fsp3) is 0.409. The second kappa shape index (κ2) is 8.04. The van der Waals surface area contributed by atoms with Gasteiger partial charge in [-0.25, -0.2) is 14.5 Å². The average Bonchev–Trinajstić information content (AvgIpc) is 3.31. The molecule has 1 fully saturated rings. The van der Waals surface area contributed by atoms with E-state index in [4.69, 9.17) is 19.4 Å². The predicted molar refractivity (Wildman–Crippen MR) is 113 cm³/mol. The van der Waals surface area contributed by atoms with Gasteiger partial charge in [-0.3, -0.25) is 0 Å². The summed E-state index contributed by atoms with van der Waals surface area (Å²) >= 11 is 0. The molecule has 1 aliphatic heterocycles. The molecular weight excluding hydrogens is 380 g/mol. The Kier molecular flexibility index (Phi) is 5.10. The Morgan fingerprint density at radius 3 is 2.70 bits per heavy atom. The zero-order valence-electron chi connectivity index (χ0n) is 17.5. The van der Waals surface area contributed by atoms with Crippen LogP contribution in [0.5, 0.6) is 5.75 Å². The molecule has 8 heteroatoms. The number of hydrogen-bond donors (Lipinski definition) is 1. The van der Waals surface area contributed by atoms with E-state index in [1.165, 1.54) is 11.3 Å². The van der Waals surface area contributed by atoms with Gasteiger partial charge in [0.2, 0.25) is 0 Å². The molecule has 1 saturated heterocycles. The first-order valence-corrected chi connectivity index (χ1v) is 10.5. The lowest BCUT2D eigenvalue weighted by Gasteiger charge is -2.24. The fourth-order valence-corrected chi connectivity index (χ4v) is 4.15. The van der Waals surface area contributed by atoms with Crippen LogP contribution in [0.15, 0.2) is 36.7 Å². The van der Waals surface area contributed by atoms with Crippen molar-refractivity contribution < 1.29 is 14.4 Å². The molecule has 0 unspecified atom stereocenters. The van der Waals surface area contributed by atoms with E-state index in [1.807, 2.05) is 30.3 Å². The van der Waals surface area contributed by atoms with Crippen LogP contribution in [0.2, 0.25) is 0 Å². The van der Waals surface area contributed by atoms with Gasteiger partial charge in [-0.15, -0.1) is 5.10 Å². The van der Waals surface area contributed by atoms with Gasteiger partial charge in [-0.1, -0.05) is 18.2 Å². The number of benzene rings is 1. The number of aryl methyl sites for hydroxylation is 1. The van der Waals surface area contributed by atoms with E-state index < -0.39 is 0 Å². The number of aromatic nitrogens is 5. The van der Waals surface area contributed by atoms with E-state index in [9.17, 15) is 0 Å². The Bertz CT molecular complexity index is 1160. The van der Waals surface area contributed by atoms with Gasteiger partial charge in [0, 0.05) is 5.69 Å². The summed E-state index contributed by atoms with van der Waals surface area (Å²) in [5.41, 5.74) is 4.27. The van der Waals surface area contributed by atoms with Crippen LogP contribution in [0.3, 0.4) is 0 Å². The summed E-state index contributed by atoms with van der Waals surface area (Å²) in [6.07, 6.45) is 1.76. The second-order valence-electron chi connectivity index (χ2n) is 7.82. The molecule has 156 valence electrons. The van der Waals surface area contributed by atoms with Gasteiger partial charge in [0.05, 0.1) is 31.7 Å². The molecule has 1 aliphatic rings. The molecule has 1 N–H and O–H groups in total. The lowest BCUT2D eigenvalue weighted by atomic mass is 10.2. The van der Waals surface area contributed by atoms with Gasteiger partial charge in [0.1, 0.15) is 37.4 Å². The highest BCUT2D eigenvalue weighted by Crippen LogP contribution is 2.26. The Hall–Kier alpha value is -2.97. The van der Waals surface area contributed by atoms with E-state index in [2.05, 4.69) is 23.5 Å². The molecule has 3 aromatic heterocycles. The molecule has 0 spiro atoms. The monoisotopic (exact) mass is 407 g/mol. The minimum Gasteiger partial charge on any atom is -0.486 e. The highest BCUT2D eigenvalue weighted by atomic mass is 16.5. The molecule has 5 rings (SSSR count). The van der Waals surface area contributed by atoms with Crippen molar-refractivity contribution in [1.29, 1.82) is 0 Å². The van der Waals surface area contributed by atoms with Gasteiger partial charge >= 0.3 is 0 Å². The van der Waals surface area contributed by atoms with Crippen LogP contribution in [0.25, 0.3) is 16.7 Å². The topological polar surface area (TPSA) is 70.9 Å². The maximum atomic E-state index is 5.82. The summed E-state index contributed by atoms with van der Waals surface area (Å²) in [6.45, 7) is 10.5. The SMILES string of the molecule is Cc1c(C)n(CC[NH+]2CCOCC2)c2ncn3nc(COc4ccccc4)nc3c12. The predicted octanol–water partition coefficient (Wildman–Crippen LogP) is 1.19. The van der Waals surface area contributed by atoms with Crippen molar-refractivity contribution in [2.45, 2.75) is 27.0 Å². The molecule has 0 amide bonds. The molecule has 0 aliphatic carbocycles. The Morgan fingerprint density at radius 2 is 1.90 bits per heavy atom. The normalized spacial score (nSPS) is 15.3. The first-order chi connectivity index (χ1) is 14.7. The third-order valence-electron chi connectivity index (χ3n) is 5.99. The van der Waals surface area contributed by atoms with Crippen molar-refractivity contribution in [2.75, 3.05) is 32.8 Å². The second-order valence-corrected chi connectivity index (χ2v) is 7.82. The first kappa shape index (κ1) is 19.0. The van der Waals surface area contributed by atoms with Gasteiger partial charge in [0.15, 0.2) is 11.5 Å². The number of ether oxygens (including phenoxy) is 2. The number of para-hydroxylation sites is 1. The van der Waals surface area contributed by atoms with Crippen molar-refractivity contribution in [3.63, 3.8) is 0 Å². The zero-order valence-corrected chi connectivity index (χ0v) is 17.5. The molecule has 1 aromatic carbocycles. The summed E-state index contributed by atoms with van der Waals surface area (Å²) in [6, 6.07) is 9.73. The lowest BCUT2D eigenvalue weighted by Crippen LogP contribution is -3.14. The van der Waals surface area contributed by atoms with Crippen molar-refractivity contribution in [3.8, 4) is 5.75 Å². The Labute approximate surface area is 175 Å². The lowest BCUT2D eigenvalue weighted by molar-refractivity contribution is -0.908. The number of fused-ring (bicyclic) bond motifs is 3. The summed E-state index contributed by atoms with van der Waals surface area (Å²) < 4.78 is 15.4. The van der Waals surface area contributed by atoms with Crippen LogP contribution in [-0.4, -0.2) is 57.0 Å². The van der Waals surface area contributed by atoms with E-state index >= 15 is 0 Å². The molecule has 0 radical (unpaired) electrons. The van der Waals surface area contributed by atoms with Crippen LogP contribution in [-0.2, 0) is 17.9 Å². The number of nitrogens with zero attached hydrogens (tertiary/aromatic N) is 5. The van der Waals surface area contributed by atoms with E-state index in [0.717, 1.165) is 61.8 Å². The first-order valence-electron chi connectivity index (χ1n) is 10.5. The number of hydrogen-bond acceptors (Lipinski definition) is 5. The maximum absolute atomic E-state index is 5.82. The van der Waals surface area contributed by atoms with Crippen LogP contribution in [0.1, 0.15) is 17.1 Å². The van der Waals surface area contributed by atoms with E-state index in [0.29, 0.717) is 12.4 Å². The summed E-state index contributed by atoms with van der Waals surface area (Å²) in [4.78, 5) is 11.1. The molecule has 4 heterocycles. The molecule has 0 saturated carbocycles. The quantitative estimate of drug-likeness (QED) is 0.520. The van der Waals surface area contributed by atoms with Crippen molar-refractivity contribution in [3.05, 3.63) is 53.7 Å². The van der Waals surface area contributed by atoms with Gasteiger partial charge in [0.25, 0.3) is 0 Å². The number of nitrogens with one attached hydrogen (secondary N) is 1. The Morgan fingerprint density at radius 1 is 1.10 bits per heavy atom. The molecule has 4 aromatic rings. The Balaban J connectivity index is 1.43. The summed E-state index contributed by atoms with van der Waals surface area (Å²) in [7, 11) is 0. The standard InChI is InChI=1S/C22H26N6O2/c1-16-17(2)27(9-8-26-10-12-29-13-11-26)21-20(16)22-24-19(25-28(22)15-23-21)14-30-18-6-4-3-5-7-18/h3-7,15H,8-14H2,1-2H3/p+1. The third-order valence-corrected chi connectivity index (χ3v) is 5.99. The van der Waals surface area contributed by atoms with Crippen LogP contribution in [0, 0.1) is 13.8 Å². The van der Waals surface area contributed by atoms with E-state index in [-0.39, 0.29) is 0 Å². The number of morpholine rings is 1. The fourth-order valence-electron chi connectivity index (χ4n) is 4.15. The smallest absolute Gasteiger partial charge is 0.189 e. The van der Waals surface area contributed by atoms with Crippen LogP contribution < -0.4 is 9.64 Å². The molecule has 30 heavy (non-hydrogen) atoms. The van der Waals surface area contributed by atoms with Crippen molar-refractivity contribution >= 4 is 16.7 Å². The largest absolute Gasteiger partial charge is 0.486 e. The van der Waals surface area contributed by atoms with Crippen molar-refractivity contribution in [1.82, 2.24) is 24.1 Å². The molecule has 0 atom stereocenters. The van der Waals surface area contributed by atoms with Crippen molar-refractivity contribution in [2.24, 2.45) is 0 Å². The van der Waals surface area contributed by atoms with Gasteiger partial charge < -0.3 is 18.9 Å². The van der Waals surface area contributed by atoms with E-state index in [1.54, 1.807) is 15.7 Å². The molecule has 0 bridgehead atoms. The highest BCUT2D eigenvalue weighted by molar-refractivity contribution is 5.93. The zero-order chi connectivity index (χ0) is 20.5. The minimum absolute atomic E-state index is 0.326. The van der Waals surface area contributed by atoms with Gasteiger partial charge in [-0.05, 0) is 31.5 Å². The minimum atomic E-state index is 0.326.